The number of amides is 1. The Balaban J connectivity index is 1.48. The molecule has 37 heavy (non-hydrogen) atoms. The van der Waals surface area contributed by atoms with Crippen molar-refractivity contribution in [3.63, 3.8) is 0 Å². The minimum Gasteiger partial charge on any atom is -0.503 e. The molecule has 2 heterocycles. The van der Waals surface area contributed by atoms with Crippen LogP contribution in [0, 0.1) is 5.82 Å². The molecule has 184 valence electrons. The van der Waals surface area contributed by atoms with E-state index in [0.29, 0.717) is 10.1 Å². The van der Waals surface area contributed by atoms with Gasteiger partial charge in [0.25, 0.3) is 5.91 Å². The summed E-state index contributed by atoms with van der Waals surface area (Å²) in [6, 6.07) is 23.6. The zero-order chi connectivity index (χ0) is 25.8. The molecule has 0 radical (unpaired) electrons. The predicted octanol–water partition coefficient (Wildman–Crippen LogP) is 6.15. The highest BCUT2D eigenvalue weighted by Crippen LogP contribution is 2.43. The summed E-state index contributed by atoms with van der Waals surface area (Å²) in [5.41, 5.74) is 1.73. The first-order chi connectivity index (χ1) is 18.0. The van der Waals surface area contributed by atoms with Gasteiger partial charge < -0.3 is 5.11 Å². The molecule has 0 saturated heterocycles. The zero-order valence-corrected chi connectivity index (χ0v) is 21.0. The minimum absolute atomic E-state index is 0.0741. The van der Waals surface area contributed by atoms with E-state index in [-0.39, 0.29) is 16.3 Å². The standard InChI is InChI=1S/C28H20FN3O3S2/c29-21-14-8-7-13-20(21)24-23(22(33)16-15-18-9-3-1-4-10-18)25(34)26(35)32(24)27-30-31-28(37-27)36-17-19-11-5-2-6-12-19/h1-16,24,34H,17H2/b16-15+. The third-order valence-corrected chi connectivity index (χ3v) is 7.83. The Labute approximate surface area is 220 Å². The van der Waals surface area contributed by atoms with Crippen LogP contribution < -0.4 is 4.90 Å². The van der Waals surface area contributed by atoms with Crippen molar-refractivity contribution in [3.05, 3.63) is 125 Å². The summed E-state index contributed by atoms with van der Waals surface area (Å²) in [5, 5.41) is 19.3. The molecule has 1 aromatic heterocycles. The second-order valence-electron chi connectivity index (χ2n) is 8.09. The molecule has 1 unspecified atom stereocenters. The number of thioether (sulfide) groups is 1. The van der Waals surface area contributed by atoms with E-state index in [1.54, 1.807) is 12.1 Å². The van der Waals surface area contributed by atoms with Gasteiger partial charge in [0.15, 0.2) is 15.9 Å². The molecule has 1 aliphatic heterocycles. The maximum atomic E-state index is 15.0. The molecule has 0 fully saturated rings. The second kappa shape index (κ2) is 10.9. The lowest BCUT2D eigenvalue weighted by atomic mass is 9.95. The third-order valence-electron chi connectivity index (χ3n) is 5.71. The van der Waals surface area contributed by atoms with Gasteiger partial charge in [-0.25, -0.2) is 4.39 Å². The molecule has 0 bridgehead atoms. The van der Waals surface area contributed by atoms with E-state index in [4.69, 9.17) is 0 Å². The van der Waals surface area contributed by atoms with Crippen molar-refractivity contribution < 1.29 is 19.1 Å². The highest BCUT2D eigenvalue weighted by molar-refractivity contribution is 8.00. The number of allylic oxidation sites excluding steroid dienone is 1. The average Bonchev–Trinajstić information content (AvgIpc) is 3.49. The molecule has 1 N–H and O–H groups in total. The van der Waals surface area contributed by atoms with Gasteiger partial charge in [-0.3, -0.25) is 14.5 Å². The van der Waals surface area contributed by atoms with Crippen LogP contribution in [-0.4, -0.2) is 27.0 Å². The monoisotopic (exact) mass is 529 g/mol. The SMILES string of the molecule is O=C(/C=C/c1ccccc1)C1=C(O)C(=O)N(c2nnc(SCc3ccccc3)s2)C1c1ccccc1F. The fraction of sp³-hybridized carbons (Fsp3) is 0.0714. The molecule has 0 aliphatic carbocycles. The Morgan fingerprint density at radius 3 is 2.41 bits per heavy atom. The van der Waals surface area contributed by atoms with E-state index in [2.05, 4.69) is 10.2 Å². The fourth-order valence-corrected chi connectivity index (χ4v) is 5.77. The largest absolute Gasteiger partial charge is 0.503 e. The lowest BCUT2D eigenvalue weighted by molar-refractivity contribution is -0.117. The zero-order valence-electron chi connectivity index (χ0n) is 19.3. The molecule has 4 aromatic rings. The lowest BCUT2D eigenvalue weighted by Gasteiger charge is -2.24. The van der Waals surface area contributed by atoms with Crippen LogP contribution in [0.25, 0.3) is 6.08 Å². The van der Waals surface area contributed by atoms with E-state index in [1.165, 1.54) is 36.0 Å². The maximum Gasteiger partial charge on any atom is 0.296 e. The van der Waals surface area contributed by atoms with Crippen LogP contribution in [0.2, 0.25) is 0 Å². The average molecular weight is 530 g/mol. The lowest BCUT2D eigenvalue weighted by Crippen LogP contribution is -2.31. The number of aromatic nitrogens is 2. The van der Waals surface area contributed by atoms with Gasteiger partial charge >= 0.3 is 0 Å². The highest BCUT2D eigenvalue weighted by atomic mass is 32.2. The van der Waals surface area contributed by atoms with E-state index in [1.807, 2.05) is 60.7 Å². The summed E-state index contributed by atoms with van der Waals surface area (Å²) >= 11 is 2.59. The summed E-state index contributed by atoms with van der Waals surface area (Å²) in [7, 11) is 0. The highest BCUT2D eigenvalue weighted by Gasteiger charge is 2.46. The van der Waals surface area contributed by atoms with Gasteiger partial charge in [-0.2, -0.15) is 0 Å². The first-order valence-corrected chi connectivity index (χ1v) is 13.1. The fourth-order valence-electron chi connectivity index (χ4n) is 3.95. The Bertz CT molecular complexity index is 1500. The number of aliphatic hydroxyl groups is 1. The van der Waals surface area contributed by atoms with Crippen molar-refractivity contribution in [1.29, 1.82) is 0 Å². The van der Waals surface area contributed by atoms with Crippen molar-refractivity contribution in [1.82, 2.24) is 10.2 Å². The third kappa shape index (κ3) is 5.23. The molecule has 5 rings (SSSR count). The first kappa shape index (κ1) is 24.6. The molecule has 1 aliphatic rings. The number of rotatable bonds is 8. The van der Waals surface area contributed by atoms with E-state index >= 15 is 0 Å². The first-order valence-electron chi connectivity index (χ1n) is 11.3. The van der Waals surface area contributed by atoms with Crippen LogP contribution in [0.4, 0.5) is 9.52 Å². The molecule has 1 atom stereocenters. The van der Waals surface area contributed by atoms with E-state index < -0.39 is 29.3 Å². The number of hydrogen-bond acceptors (Lipinski definition) is 7. The van der Waals surface area contributed by atoms with E-state index in [0.717, 1.165) is 27.4 Å². The Morgan fingerprint density at radius 1 is 1.00 bits per heavy atom. The van der Waals surface area contributed by atoms with Crippen LogP contribution >= 0.6 is 23.1 Å². The summed E-state index contributed by atoms with van der Waals surface area (Å²) in [4.78, 5) is 27.6. The smallest absolute Gasteiger partial charge is 0.296 e. The quantitative estimate of drug-likeness (QED) is 0.167. The number of carbonyl (C=O) groups excluding carboxylic acids is 2. The summed E-state index contributed by atoms with van der Waals surface area (Å²) in [5.74, 6) is -2.13. The van der Waals surface area contributed by atoms with E-state index in [9.17, 15) is 19.1 Å². The van der Waals surface area contributed by atoms with Crippen molar-refractivity contribution in [2.45, 2.75) is 16.1 Å². The molecule has 1 amide bonds. The number of aliphatic hydroxyl groups excluding tert-OH is 1. The molecule has 6 nitrogen and oxygen atoms in total. The number of benzene rings is 3. The van der Waals surface area contributed by atoms with Gasteiger partial charge in [0.2, 0.25) is 5.13 Å². The van der Waals surface area contributed by atoms with Gasteiger partial charge in [-0.1, -0.05) is 108 Å². The second-order valence-corrected chi connectivity index (χ2v) is 10.3. The number of ketones is 1. The molecular weight excluding hydrogens is 509 g/mol. The number of nitrogens with zero attached hydrogens (tertiary/aromatic N) is 3. The Hall–Kier alpha value is -4.08. The molecule has 9 heteroatoms. The van der Waals surface area contributed by atoms with Gasteiger partial charge in [0.1, 0.15) is 11.9 Å². The topological polar surface area (TPSA) is 83.4 Å². The van der Waals surface area contributed by atoms with Gasteiger partial charge in [0.05, 0.1) is 5.57 Å². The van der Waals surface area contributed by atoms with Crippen LogP contribution in [0.15, 0.2) is 107 Å². The summed E-state index contributed by atoms with van der Waals surface area (Å²) in [6.07, 6.45) is 2.85. The molecule has 3 aromatic carbocycles. The van der Waals surface area contributed by atoms with Crippen LogP contribution in [0.1, 0.15) is 22.7 Å². The van der Waals surface area contributed by atoms with Crippen LogP contribution in [-0.2, 0) is 15.3 Å². The van der Waals surface area contributed by atoms with Crippen LogP contribution in [0.5, 0.6) is 0 Å². The maximum absolute atomic E-state index is 15.0. The molecule has 0 spiro atoms. The predicted molar refractivity (Wildman–Crippen MR) is 143 cm³/mol. The van der Waals surface area contributed by atoms with Crippen molar-refractivity contribution in [2.75, 3.05) is 4.90 Å². The Morgan fingerprint density at radius 2 is 1.68 bits per heavy atom. The number of hydrogen-bond donors (Lipinski definition) is 1. The number of anilines is 1. The normalized spacial score (nSPS) is 15.6. The van der Waals surface area contributed by atoms with Crippen molar-refractivity contribution in [3.8, 4) is 0 Å². The summed E-state index contributed by atoms with van der Waals surface area (Å²) < 4.78 is 15.6. The number of halogens is 1. The van der Waals surface area contributed by atoms with Gasteiger partial charge in [0, 0.05) is 11.3 Å². The molecule has 0 saturated carbocycles. The number of carbonyl (C=O) groups is 2. The molecular formula is C28H20FN3O3S2. The van der Waals surface area contributed by atoms with Crippen molar-refractivity contribution >= 4 is 46.0 Å². The minimum atomic E-state index is -1.19. The Kier molecular flexibility index (Phi) is 7.25. The summed E-state index contributed by atoms with van der Waals surface area (Å²) in [6.45, 7) is 0. The van der Waals surface area contributed by atoms with Gasteiger partial charge in [-0.05, 0) is 23.3 Å². The van der Waals surface area contributed by atoms with Crippen LogP contribution in [0.3, 0.4) is 0 Å². The van der Waals surface area contributed by atoms with Crippen molar-refractivity contribution in [2.24, 2.45) is 0 Å². The van der Waals surface area contributed by atoms with Gasteiger partial charge in [-0.15, -0.1) is 10.2 Å².